The largest absolute Gasteiger partial charge is 0.496 e. The molecule has 0 heterocycles. The van der Waals surface area contributed by atoms with Crippen molar-refractivity contribution in [1.82, 2.24) is 0 Å². The van der Waals surface area contributed by atoms with Crippen molar-refractivity contribution in [2.75, 3.05) is 7.11 Å². The van der Waals surface area contributed by atoms with Crippen molar-refractivity contribution >= 4 is 5.78 Å². The van der Waals surface area contributed by atoms with Crippen molar-refractivity contribution in [3.05, 3.63) is 53.3 Å². The van der Waals surface area contributed by atoms with Gasteiger partial charge in [-0.1, -0.05) is 6.07 Å². The number of ketones is 1. The molecule has 2 rings (SSSR count). The van der Waals surface area contributed by atoms with Crippen molar-refractivity contribution in [1.29, 1.82) is 0 Å². The number of Topliss-reactive ketones (excluding diaryl/α,β-unsaturated/α-hetero) is 1. The Morgan fingerprint density at radius 3 is 2.40 bits per heavy atom. The fourth-order valence-electron chi connectivity index (χ4n) is 1.96. The number of methoxy groups -OCH3 is 1. The Hall–Kier alpha value is -2.36. The lowest BCUT2D eigenvalue weighted by atomic mass is 10.1. The minimum atomic E-state index is -0.327. The first-order chi connectivity index (χ1) is 9.52. The molecule has 0 aromatic heterocycles. The highest BCUT2D eigenvalue weighted by Crippen LogP contribution is 2.33. The number of rotatable bonds is 4. The van der Waals surface area contributed by atoms with Gasteiger partial charge in [0, 0.05) is 0 Å². The van der Waals surface area contributed by atoms with Gasteiger partial charge in [-0.15, -0.1) is 0 Å². The molecular weight excluding hydrogens is 259 g/mol. The molecule has 3 nitrogen and oxygen atoms in total. The summed E-state index contributed by atoms with van der Waals surface area (Å²) in [4.78, 5) is 11.8. The molecule has 0 aliphatic carbocycles. The second-order valence-corrected chi connectivity index (χ2v) is 4.40. The van der Waals surface area contributed by atoms with Crippen LogP contribution in [0.25, 0.3) is 0 Å². The van der Waals surface area contributed by atoms with Crippen LogP contribution >= 0.6 is 0 Å². The molecule has 0 spiro atoms. The molecule has 0 unspecified atom stereocenters. The van der Waals surface area contributed by atoms with E-state index in [0.717, 1.165) is 0 Å². The number of carbonyl (C=O) groups is 1. The van der Waals surface area contributed by atoms with Gasteiger partial charge in [0.05, 0.1) is 7.11 Å². The van der Waals surface area contributed by atoms with E-state index in [0.29, 0.717) is 28.4 Å². The second-order valence-electron chi connectivity index (χ2n) is 4.40. The molecule has 0 saturated carbocycles. The number of hydrogen-bond donors (Lipinski definition) is 0. The van der Waals surface area contributed by atoms with Crippen LogP contribution in [0.3, 0.4) is 0 Å². The van der Waals surface area contributed by atoms with Gasteiger partial charge in [-0.25, -0.2) is 4.39 Å². The van der Waals surface area contributed by atoms with E-state index in [1.165, 1.54) is 32.2 Å². The van der Waals surface area contributed by atoms with Crippen LogP contribution in [0.4, 0.5) is 4.39 Å². The fraction of sp³-hybridized carbons (Fsp3) is 0.188. The minimum absolute atomic E-state index is 0.155. The van der Waals surface area contributed by atoms with Crippen LogP contribution in [0.2, 0.25) is 0 Å². The maximum atomic E-state index is 13.1. The minimum Gasteiger partial charge on any atom is -0.496 e. The van der Waals surface area contributed by atoms with E-state index < -0.39 is 0 Å². The van der Waals surface area contributed by atoms with Crippen molar-refractivity contribution < 1.29 is 18.7 Å². The summed E-state index contributed by atoms with van der Waals surface area (Å²) < 4.78 is 24.0. The van der Waals surface area contributed by atoms with E-state index in [1.807, 2.05) is 0 Å². The molecule has 104 valence electrons. The quantitative estimate of drug-likeness (QED) is 0.786. The molecule has 20 heavy (non-hydrogen) atoms. The Balaban J connectivity index is 2.45. The first-order valence-electron chi connectivity index (χ1n) is 6.15. The predicted molar refractivity (Wildman–Crippen MR) is 74.2 cm³/mol. The van der Waals surface area contributed by atoms with Crippen molar-refractivity contribution in [2.45, 2.75) is 13.8 Å². The highest BCUT2D eigenvalue weighted by atomic mass is 19.1. The van der Waals surface area contributed by atoms with Crippen molar-refractivity contribution in [2.24, 2.45) is 0 Å². The van der Waals surface area contributed by atoms with E-state index >= 15 is 0 Å². The number of hydrogen-bond acceptors (Lipinski definition) is 3. The lowest BCUT2D eigenvalue weighted by Crippen LogP contribution is -2.01. The molecule has 0 N–H and O–H groups in total. The Bertz CT molecular complexity index is 650. The van der Waals surface area contributed by atoms with Crippen LogP contribution in [0.5, 0.6) is 17.2 Å². The van der Waals surface area contributed by atoms with Gasteiger partial charge in [-0.05, 0) is 49.7 Å². The van der Waals surface area contributed by atoms with E-state index in [4.69, 9.17) is 9.47 Å². The Morgan fingerprint density at radius 2 is 1.80 bits per heavy atom. The molecule has 0 amide bonds. The van der Waals surface area contributed by atoms with E-state index in [2.05, 4.69) is 0 Å². The average Bonchev–Trinajstić information content (AvgIpc) is 2.41. The molecule has 4 heteroatoms. The maximum Gasteiger partial charge on any atom is 0.167 e. The van der Waals surface area contributed by atoms with Crippen molar-refractivity contribution in [3.8, 4) is 17.2 Å². The molecule has 2 aromatic rings. The summed E-state index contributed by atoms with van der Waals surface area (Å²) in [5.74, 6) is 0.868. The summed E-state index contributed by atoms with van der Waals surface area (Å²) in [7, 11) is 1.49. The van der Waals surface area contributed by atoms with Crippen LogP contribution < -0.4 is 9.47 Å². The lowest BCUT2D eigenvalue weighted by molar-refractivity contribution is 0.101. The second kappa shape index (κ2) is 5.74. The van der Waals surface area contributed by atoms with E-state index in [9.17, 15) is 9.18 Å². The summed E-state index contributed by atoms with van der Waals surface area (Å²) in [5, 5.41) is 0. The first-order valence-corrected chi connectivity index (χ1v) is 6.15. The zero-order valence-electron chi connectivity index (χ0n) is 11.6. The number of aryl methyl sites for hydroxylation is 1. The van der Waals surface area contributed by atoms with Gasteiger partial charge in [-0.2, -0.15) is 0 Å². The SMILES string of the molecule is COc1cccc(Oc2ccc(F)cc2C)c1C(C)=O. The monoisotopic (exact) mass is 274 g/mol. The van der Waals surface area contributed by atoms with Gasteiger partial charge in [0.25, 0.3) is 0 Å². The molecule has 2 aromatic carbocycles. The first kappa shape index (κ1) is 14.1. The maximum absolute atomic E-state index is 13.1. The zero-order valence-corrected chi connectivity index (χ0v) is 11.6. The summed E-state index contributed by atoms with van der Waals surface area (Å²) >= 11 is 0. The smallest absolute Gasteiger partial charge is 0.167 e. The number of carbonyl (C=O) groups excluding carboxylic acids is 1. The van der Waals surface area contributed by atoms with Crippen LogP contribution in [-0.2, 0) is 0 Å². The zero-order chi connectivity index (χ0) is 14.7. The Kier molecular flexibility index (Phi) is 4.03. The highest BCUT2D eigenvalue weighted by Gasteiger charge is 2.16. The molecule has 0 aliphatic heterocycles. The van der Waals surface area contributed by atoms with Gasteiger partial charge in [-0.3, -0.25) is 4.79 Å². The molecule has 0 bridgehead atoms. The molecule has 0 atom stereocenters. The highest BCUT2D eigenvalue weighted by molar-refractivity contribution is 5.99. The van der Waals surface area contributed by atoms with Crippen LogP contribution in [0.15, 0.2) is 36.4 Å². The summed E-state index contributed by atoms with van der Waals surface area (Å²) in [6.45, 7) is 3.19. The predicted octanol–water partition coefficient (Wildman–Crippen LogP) is 4.14. The number of halogens is 1. The van der Waals surface area contributed by atoms with Gasteiger partial charge in [0.2, 0.25) is 0 Å². The lowest BCUT2D eigenvalue weighted by Gasteiger charge is -2.14. The topological polar surface area (TPSA) is 35.5 Å². The normalized spacial score (nSPS) is 10.2. The molecule has 0 aliphatic rings. The standard InChI is InChI=1S/C16H15FO3/c1-10-9-12(17)7-8-13(10)20-15-6-4-5-14(19-3)16(15)11(2)18/h4-9H,1-3H3. The van der Waals surface area contributed by atoms with Crippen LogP contribution in [0.1, 0.15) is 22.8 Å². The summed E-state index contributed by atoms with van der Waals surface area (Å²) in [5.41, 5.74) is 1.03. The number of ether oxygens (including phenoxy) is 2. The average molecular weight is 274 g/mol. The fourth-order valence-corrected chi connectivity index (χ4v) is 1.96. The third-order valence-electron chi connectivity index (χ3n) is 2.92. The van der Waals surface area contributed by atoms with Gasteiger partial charge >= 0.3 is 0 Å². The molecule has 0 saturated heterocycles. The molecular formula is C16H15FO3. The van der Waals surface area contributed by atoms with Crippen LogP contribution in [0, 0.1) is 12.7 Å². The van der Waals surface area contributed by atoms with Crippen LogP contribution in [-0.4, -0.2) is 12.9 Å². The Morgan fingerprint density at radius 1 is 1.10 bits per heavy atom. The van der Waals surface area contributed by atoms with E-state index in [1.54, 1.807) is 25.1 Å². The van der Waals surface area contributed by atoms with E-state index in [-0.39, 0.29) is 11.6 Å². The van der Waals surface area contributed by atoms with Gasteiger partial charge in [0.15, 0.2) is 5.78 Å². The summed E-state index contributed by atoms with van der Waals surface area (Å²) in [6.07, 6.45) is 0. The molecule has 0 radical (unpaired) electrons. The van der Waals surface area contributed by atoms with Gasteiger partial charge < -0.3 is 9.47 Å². The van der Waals surface area contributed by atoms with Gasteiger partial charge in [0.1, 0.15) is 28.6 Å². The third-order valence-corrected chi connectivity index (χ3v) is 2.92. The summed E-state index contributed by atoms with van der Waals surface area (Å²) in [6, 6.07) is 9.34. The number of benzene rings is 2. The van der Waals surface area contributed by atoms with Crippen molar-refractivity contribution in [3.63, 3.8) is 0 Å². The molecule has 0 fully saturated rings. The third kappa shape index (κ3) is 2.79. The Labute approximate surface area is 117 Å².